The van der Waals surface area contributed by atoms with Gasteiger partial charge in [-0.15, -0.1) is 0 Å². The Morgan fingerprint density at radius 3 is 2.53 bits per heavy atom. The van der Waals surface area contributed by atoms with Crippen LogP contribution < -0.4 is 11.1 Å². The normalized spacial score (nSPS) is 10.3. The second-order valence-corrected chi connectivity index (χ2v) is 3.82. The van der Waals surface area contributed by atoms with Crippen LogP contribution in [0.4, 0.5) is 25.8 Å². The molecule has 0 amide bonds. The summed E-state index contributed by atoms with van der Waals surface area (Å²) in [5, 5.41) is 2.79. The van der Waals surface area contributed by atoms with Gasteiger partial charge in [0.2, 0.25) is 0 Å². The molecule has 2 aromatic rings. The molecule has 0 saturated heterocycles. The molecular formula is C13H12F2N2. The number of aryl methyl sites for hydroxylation is 1. The fourth-order valence-corrected chi connectivity index (χ4v) is 1.47. The van der Waals surface area contributed by atoms with Crippen LogP contribution in [0.2, 0.25) is 0 Å². The first kappa shape index (κ1) is 11.4. The van der Waals surface area contributed by atoms with Crippen LogP contribution in [0.5, 0.6) is 0 Å². The highest BCUT2D eigenvalue weighted by Gasteiger charge is 2.04. The zero-order valence-corrected chi connectivity index (χ0v) is 9.30. The van der Waals surface area contributed by atoms with Gasteiger partial charge in [-0.3, -0.25) is 0 Å². The number of nitrogen functional groups attached to an aromatic ring is 1. The highest BCUT2D eigenvalue weighted by Crippen LogP contribution is 2.23. The third-order valence-corrected chi connectivity index (χ3v) is 2.49. The lowest BCUT2D eigenvalue weighted by molar-refractivity contribution is 0.603. The van der Waals surface area contributed by atoms with Crippen LogP contribution in [0.3, 0.4) is 0 Å². The van der Waals surface area contributed by atoms with Crippen molar-refractivity contribution in [3.8, 4) is 0 Å². The molecular weight excluding hydrogens is 222 g/mol. The van der Waals surface area contributed by atoms with E-state index < -0.39 is 11.6 Å². The van der Waals surface area contributed by atoms with Gasteiger partial charge in [0.15, 0.2) is 0 Å². The molecule has 0 bridgehead atoms. The van der Waals surface area contributed by atoms with Gasteiger partial charge in [0.25, 0.3) is 0 Å². The van der Waals surface area contributed by atoms with Gasteiger partial charge in [-0.05, 0) is 36.8 Å². The minimum Gasteiger partial charge on any atom is -0.398 e. The van der Waals surface area contributed by atoms with Gasteiger partial charge in [-0.1, -0.05) is 6.07 Å². The Morgan fingerprint density at radius 2 is 1.82 bits per heavy atom. The highest BCUT2D eigenvalue weighted by molar-refractivity contribution is 5.65. The van der Waals surface area contributed by atoms with Crippen molar-refractivity contribution >= 4 is 17.1 Å². The number of hydrogen-bond donors (Lipinski definition) is 2. The monoisotopic (exact) mass is 234 g/mol. The van der Waals surface area contributed by atoms with Crippen LogP contribution >= 0.6 is 0 Å². The largest absolute Gasteiger partial charge is 0.398 e. The summed E-state index contributed by atoms with van der Waals surface area (Å²) in [4.78, 5) is 0. The van der Waals surface area contributed by atoms with Gasteiger partial charge in [0.05, 0.1) is 5.69 Å². The van der Waals surface area contributed by atoms with Crippen molar-refractivity contribution in [2.75, 3.05) is 11.1 Å². The summed E-state index contributed by atoms with van der Waals surface area (Å²) in [6, 6.07) is 8.51. The van der Waals surface area contributed by atoms with Gasteiger partial charge in [-0.2, -0.15) is 0 Å². The summed E-state index contributed by atoms with van der Waals surface area (Å²) in [6.07, 6.45) is 0. The second-order valence-electron chi connectivity index (χ2n) is 3.82. The van der Waals surface area contributed by atoms with Crippen LogP contribution in [0, 0.1) is 18.6 Å². The van der Waals surface area contributed by atoms with Crippen molar-refractivity contribution in [2.24, 2.45) is 0 Å². The standard InChI is InChI=1S/C13H12F2N2/c1-8-2-4-10(7-12(8)16)17-13-6-9(14)3-5-11(13)15/h2-7,17H,16H2,1H3. The molecule has 0 atom stereocenters. The lowest BCUT2D eigenvalue weighted by atomic mass is 10.2. The molecule has 2 nitrogen and oxygen atoms in total. The van der Waals surface area contributed by atoms with Gasteiger partial charge < -0.3 is 11.1 Å². The molecule has 0 heterocycles. The predicted molar refractivity (Wildman–Crippen MR) is 65.2 cm³/mol. The molecule has 3 N–H and O–H groups in total. The molecule has 4 heteroatoms. The first-order chi connectivity index (χ1) is 8.06. The van der Waals surface area contributed by atoms with E-state index >= 15 is 0 Å². The molecule has 17 heavy (non-hydrogen) atoms. The van der Waals surface area contributed by atoms with E-state index in [1.165, 1.54) is 0 Å². The van der Waals surface area contributed by atoms with E-state index in [9.17, 15) is 8.78 Å². The summed E-state index contributed by atoms with van der Waals surface area (Å²) in [5.74, 6) is -1.00. The fourth-order valence-electron chi connectivity index (χ4n) is 1.47. The minimum absolute atomic E-state index is 0.0910. The lowest BCUT2D eigenvalue weighted by Gasteiger charge is -2.09. The number of anilines is 3. The van der Waals surface area contributed by atoms with E-state index in [0.717, 1.165) is 23.8 Å². The Bertz CT molecular complexity index is 553. The lowest BCUT2D eigenvalue weighted by Crippen LogP contribution is -1.97. The third-order valence-electron chi connectivity index (χ3n) is 2.49. The molecule has 0 radical (unpaired) electrons. The van der Waals surface area contributed by atoms with E-state index in [-0.39, 0.29) is 5.69 Å². The van der Waals surface area contributed by atoms with Gasteiger partial charge in [0, 0.05) is 17.4 Å². The van der Waals surface area contributed by atoms with Crippen molar-refractivity contribution in [1.29, 1.82) is 0 Å². The Labute approximate surface area is 98.1 Å². The van der Waals surface area contributed by atoms with Crippen molar-refractivity contribution in [1.82, 2.24) is 0 Å². The summed E-state index contributed by atoms with van der Waals surface area (Å²) in [6.45, 7) is 1.88. The van der Waals surface area contributed by atoms with Crippen molar-refractivity contribution < 1.29 is 8.78 Å². The maximum absolute atomic E-state index is 13.4. The topological polar surface area (TPSA) is 38.0 Å². The zero-order chi connectivity index (χ0) is 12.4. The van der Waals surface area contributed by atoms with Crippen LogP contribution in [0.15, 0.2) is 36.4 Å². The first-order valence-corrected chi connectivity index (χ1v) is 5.14. The van der Waals surface area contributed by atoms with Crippen LogP contribution in [-0.4, -0.2) is 0 Å². The van der Waals surface area contributed by atoms with Gasteiger partial charge >= 0.3 is 0 Å². The number of benzene rings is 2. The molecule has 0 aromatic heterocycles. The van der Waals surface area contributed by atoms with Gasteiger partial charge in [0.1, 0.15) is 11.6 Å². The maximum atomic E-state index is 13.4. The van der Waals surface area contributed by atoms with Crippen molar-refractivity contribution in [3.05, 3.63) is 53.6 Å². The second kappa shape index (κ2) is 4.41. The zero-order valence-electron chi connectivity index (χ0n) is 9.30. The molecule has 0 aliphatic heterocycles. The summed E-state index contributed by atoms with van der Waals surface area (Å²) in [7, 11) is 0. The van der Waals surface area contributed by atoms with E-state index in [1.807, 2.05) is 13.0 Å². The number of rotatable bonds is 2. The molecule has 88 valence electrons. The fraction of sp³-hybridized carbons (Fsp3) is 0.0769. The van der Waals surface area contributed by atoms with E-state index in [4.69, 9.17) is 5.73 Å². The van der Waals surface area contributed by atoms with Crippen LogP contribution in [0.1, 0.15) is 5.56 Å². The average Bonchev–Trinajstić information content (AvgIpc) is 2.29. The third kappa shape index (κ3) is 2.53. The smallest absolute Gasteiger partial charge is 0.146 e. The number of hydrogen-bond acceptors (Lipinski definition) is 2. The summed E-state index contributed by atoms with van der Waals surface area (Å²) < 4.78 is 26.3. The number of halogens is 2. The quantitative estimate of drug-likeness (QED) is 0.779. The molecule has 2 rings (SSSR count). The van der Waals surface area contributed by atoms with Crippen LogP contribution in [0.25, 0.3) is 0 Å². The molecule has 0 saturated carbocycles. The molecule has 0 fully saturated rings. The summed E-state index contributed by atoms with van der Waals surface area (Å²) in [5.41, 5.74) is 7.99. The molecule has 2 aromatic carbocycles. The average molecular weight is 234 g/mol. The summed E-state index contributed by atoms with van der Waals surface area (Å²) >= 11 is 0. The predicted octanol–water partition coefficient (Wildman–Crippen LogP) is 3.60. The van der Waals surface area contributed by atoms with E-state index in [0.29, 0.717) is 11.4 Å². The first-order valence-electron chi connectivity index (χ1n) is 5.14. The SMILES string of the molecule is Cc1ccc(Nc2cc(F)ccc2F)cc1N. The number of nitrogens with one attached hydrogen (secondary N) is 1. The molecule has 0 aliphatic rings. The van der Waals surface area contributed by atoms with Gasteiger partial charge in [-0.25, -0.2) is 8.78 Å². The number of nitrogens with two attached hydrogens (primary N) is 1. The van der Waals surface area contributed by atoms with E-state index in [2.05, 4.69) is 5.32 Å². The Kier molecular flexibility index (Phi) is 2.95. The van der Waals surface area contributed by atoms with Crippen molar-refractivity contribution in [3.63, 3.8) is 0 Å². The maximum Gasteiger partial charge on any atom is 0.146 e. The minimum atomic E-state index is -0.509. The van der Waals surface area contributed by atoms with E-state index in [1.54, 1.807) is 12.1 Å². The highest BCUT2D eigenvalue weighted by atomic mass is 19.1. The molecule has 0 spiro atoms. The molecule has 0 unspecified atom stereocenters. The Morgan fingerprint density at radius 1 is 1.06 bits per heavy atom. The Balaban J connectivity index is 2.31. The molecule has 0 aliphatic carbocycles. The van der Waals surface area contributed by atoms with Crippen molar-refractivity contribution in [2.45, 2.75) is 6.92 Å². The van der Waals surface area contributed by atoms with Crippen LogP contribution in [-0.2, 0) is 0 Å². The Hall–Kier alpha value is -2.10.